The molecule has 9 nitrogen and oxygen atoms in total. The standard InChI is InChI=1S/C23H29N5O4S/c24-21(30)16-5-7-17(8-6-16)25-20(29)15-33-22-18-3-1-4-19(18)28(23(31)26-22)10-2-9-27-11-13-32-14-12-27/h5-8H,1-4,9-15H2,(H2,24,30)(H,25,29). The van der Waals surface area contributed by atoms with Gasteiger partial charge in [0.05, 0.1) is 19.0 Å². The Balaban J connectivity index is 1.35. The van der Waals surface area contributed by atoms with Crippen LogP contribution in [0, 0.1) is 0 Å². The number of fused-ring (bicyclic) bond motifs is 1. The number of nitrogens with two attached hydrogens (primary N) is 1. The monoisotopic (exact) mass is 471 g/mol. The van der Waals surface area contributed by atoms with Gasteiger partial charge in [-0.3, -0.25) is 19.1 Å². The van der Waals surface area contributed by atoms with Crippen molar-refractivity contribution in [3.63, 3.8) is 0 Å². The Morgan fingerprint density at radius 3 is 2.61 bits per heavy atom. The third kappa shape index (κ3) is 6.01. The average Bonchev–Trinajstić information content (AvgIpc) is 3.30. The van der Waals surface area contributed by atoms with E-state index in [4.69, 9.17) is 10.5 Å². The normalized spacial score (nSPS) is 15.9. The van der Waals surface area contributed by atoms with Gasteiger partial charge in [0, 0.05) is 48.7 Å². The van der Waals surface area contributed by atoms with E-state index in [1.807, 2.05) is 4.57 Å². The number of carbonyl (C=O) groups excluding carboxylic acids is 2. The van der Waals surface area contributed by atoms with Gasteiger partial charge in [0.1, 0.15) is 5.03 Å². The van der Waals surface area contributed by atoms with Crippen molar-refractivity contribution < 1.29 is 14.3 Å². The van der Waals surface area contributed by atoms with Gasteiger partial charge in [0.25, 0.3) is 0 Å². The summed E-state index contributed by atoms with van der Waals surface area (Å²) in [7, 11) is 0. The molecule has 33 heavy (non-hydrogen) atoms. The summed E-state index contributed by atoms with van der Waals surface area (Å²) in [5.74, 6) is -0.563. The largest absolute Gasteiger partial charge is 0.379 e. The van der Waals surface area contributed by atoms with Gasteiger partial charge in [0.2, 0.25) is 11.8 Å². The first-order valence-corrected chi connectivity index (χ1v) is 12.2. The number of hydrogen-bond donors (Lipinski definition) is 2. The molecule has 1 fully saturated rings. The predicted octanol–water partition coefficient (Wildman–Crippen LogP) is 1.28. The molecule has 10 heteroatoms. The minimum Gasteiger partial charge on any atom is -0.379 e. The second-order valence-electron chi connectivity index (χ2n) is 8.22. The number of thioether (sulfide) groups is 1. The fraction of sp³-hybridized carbons (Fsp3) is 0.478. The number of benzene rings is 1. The number of nitrogens with zero attached hydrogens (tertiary/aromatic N) is 3. The average molecular weight is 472 g/mol. The Morgan fingerprint density at radius 1 is 1.12 bits per heavy atom. The molecular formula is C23H29N5O4S. The molecule has 1 aliphatic heterocycles. The van der Waals surface area contributed by atoms with Gasteiger partial charge >= 0.3 is 5.69 Å². The second-order valence-corrected chi connectivity index (χ2v) is 9.18. The van der Waals surface area contributed by atoms with Crippen molar-refractivity contribution >= 4 is 29.3 Å². The summed E-state index contributed by atoms with van der Waals surface area (Å²) in [6.07, 6.45) is 3.65. The molecule has 3 N–H and O–H groups in total. The molecule has 2 aromatic rings. The summed E-state index contributed by atoms with van der Waals surface area (Å²) in [6.45, 7) is 5.04. The number of primary amides is 1. The lowest BCUT2D eigenvalue weighted by atomic mass is 10.2. The fourth-order valence-corrected chi connectivity index (χ4v) is 5.14. The molecule has 0 radical (unpaired) electrons. The number of rotatable bonds is 9. The van der Waals surface area contributed by atoms with Crippen LogP contribution in [0.15, 0.2) is 34.1 Å². The molecule has 0 atom stereocenters. The molecule has 4 rings (SSSR count). The number of ether oxygens (including phenoxy) is 1. The lowest BCUT2D eigenvalue weighted by Gasteiger charge is -2.26. The highest BCUT2D eigenvalue weighted by molar-refractivity contribution is 8.00. The molecule has 0 unspecified atom stereocenters. The predicted molar refractivity (Wildman–Crippen MR) is 127 cm³/mol. The maximum absolute atomic E-state index is 12.8. The van der Waals surface area contributed by atoms with Crippen LogP contribution < -0.4 is 16.7 Å². The third-order valence-electron chi connectivity index (χ3n) is 5.95. The summed E-state index contributed by atoms with van der Waals surface area (Å²) in [5.41, 5.74) is 8.14. The molecule has 2 amide bonds. The molecule has 2 heterocycles. The Kier molecular flexibility index (Phi) is 7.79. The molecule has 0 spiro atoms. The first kappa shape index (κ1) is 23.5. The summed E-state index contributed by atoms with van der Waals surface area (Å²) < 4.78 is 7.22. The van der Waals surface area contributed by atoms with E-state index in [0.29, 0.717) is 22.8 Å². The lowest BCUT2D eigenvalue weighted by Crippen LogP contribution is -2.37. The van der Waals surface area contributed by atoms with E-state index in [-0.39, 0.29) is 17.3 Å². The van der Waals surface area contributed by atoms with Crippen molar-refractivity contribution in [2.45, 2.75) is 37.3 Å². The first-order chi connectivity index (χ1) is 16.0. The molecule has 0 saturated carbocycles. The minimum absolute atomic E-state index is 0.150. The molecule has 176 valence electrons. The van der Waals surface area contributed by atoms with E-state index in [0.717, 1.165) is 69.8 Å². The molecule has 2 aliphatic rings. The zero-order valence-electron chi connectivity index (χ0n) is 18.5. The number of morpholine rings is 1. The number of nitrogens with one attached hydrogen (secondary N) is 1. The molecule has 1 aromatic heterocycles. The van der Waals surface area contributed by atoms with Crippen LogP contribution in [-0.2, 0) is 28.9 Å². The Labute approximate surface area is 196 Å². The van der Waals surface area contributed by atoms with Gasteiger partial charge in [0.15, 0.2) is 0 Å². The van der Waals surface area contributed by atoms with Crippen LogP contribution in [0.2, 0.25) is 0 Å². The van der Waals surface area contributed by atoms with Gasteiger partial charge in [-0.05, 0) is 49.9 Å². The highest BCUT2D eigenvalue weighted by Gasteiger charge is 2.22. The van der Waals surface area contributed by atoms with E-state index in [1.165, 1.54) is 11.8 Å². The Morgan fingerprint density at radius 2 is 1.88 bits per heavy atom. The van der Waals surface area contributed by atoms with Gasteiger partial charge < -0.3 is 15.8 Å². The molecule has 1 saturated heterocycles. The van der Waals surface area contributed by atoms with Gasteiger partial charge in [-0.25, -0.2) is 4.79 Å². The van der Waals surface area contributed by atoms with Crippen LogP contribution in [0.3, 0.4) is 0 Å². The van der Waals surface area contributed by atoms with Crippen LogP contribution in [-0.4, -0.2) is 64.9 Å². The van der Waals surface area contributed by atoms with E-state index < -0.39 is 5.91 Å². The van der Waals surface area contributed by atoms with Gasteiger partial charge in [-0.1, -0.05) is 11.8 Å². The zero-order valence-corrected chi connectivity index (χ0v) is 19.4. The zero-order chi connectivity index (χ0) is 23.2. The van der Waals surface area contributed by atoms with Gasteiger partial charge in [-0.2, -0.15) is 4.98 Å². The van der Waals surface area contributed by atoms with Crippen molar-refractivity contribution in [3.8, 4) is 0 Å². The smallest absolute Gasteiger partial charge is 0.348 e. The highest BCUT2D eigenvalue weighted by Crippen LogP contribution is 2.29. The van der Waals surface area contributed by atoms with Crippen LogP contribution in [0.1, 0.15) is 34.5 Å². The third-order valence-corrected chi connectivity index (χ3v) is 6.97. The van der Waals surface area contributed by atoms with Crippen LogP contribution >= 0.6 is 11.8 Å². The summed E-state index contributed by atoms with van der Waals surface area (Å²) in [5, 5.41) is 3.46. The van der Waals surface area contributed by atoms with Crippen LogP contribution in [0.4, 0.5) is 5.69 Å². The maximum atomic E-state index is 12.8. The Hall–Kier alpha value is -2.69. The maximum Gasteiger partial charge on any atom is 0.348 e. The number of hydrogen-bond acceptors (Lipinski definition) is 7. The topological polar surface area (TPSA) is 120 Å². The Bertz CT molecular complexity index is 1060. The van der Waals surface area contributed by atoms with Crippen molar-refractivity contribution in [2.24, 2.45) is 5.73 Å². The number of aromatic nitrogens is 2. The van der Waals surface area contributed by atoms with Gasteiger partial charge in [-0.15, -0.1) is 0 Å². The highest BCUT2D eigenvalue weighted by atomic mass is 32.2. The quantitative estimate of drug-likeness (QED) is 0.418. The van der Waals surface area contributed by atoms with E-state index in [1.54, 1.807) is 24.3 Å². The van der Waals surface area contributed by atoms with Crippen LogP contribution in [0.25, 0.3) is 0 Å². The second kappa shape index (κ2) is 11.0. The molecule has 1 aromatic carbocycles. The molecular weight excluding hydrogens is 442 g/mol. The summed E-state index contributed by atoms with van der Waals surface area (Å²) in [4.78, 5) is 43.0. The van der Waals surface area contributed by atoms with Crippen molar-refractivity contribution in [2.75, 3.05) is 43.9 Å². The number of anilines is 1. The van der Waals surface area contributed by atoms with Crippen molar-refractivity contribution in [1.29, 1.82) is 0 Å². The summed E-state index contributed by atoms with van der Waals surface area (Å²) >= 11 is 1.30. The van der Waals surface area contributed by atoms with Crippen molar-refractivity contribution in [1.82, 2.24) is 14.5 Å². The van der Waals surface area contributed by atoms with E-state index >= 15 is 0 Å². The first-order valence-electron chi connectivity index (χ1n) is 11.3. The van der Waals surface area contributed by atoms with Crippen LogP contribution in [0.5, 0.6) is 0 Å². The van der Waals surface area contributed by atoms with Crippen molar-refractivity contribution in [3.05, 3.63) is 51.6 Å². The summed E-state index contributed by atoms with van der Waals surface area (Å²) in [6, 6.07) is 6.41. The molecule has 1 aliphatic carbocycles. The minimum atomic E-state index is -0.515. The lowest BCUT2D eigenvalue weighted by molar-refractivity contribution is -0.113. The number of amides is 2. The fourth-order valence-electron chi connectivity index (χ4n) is 4.26. The number of carbonyl (C=O) groups is 2. The SMILES string of the molecule is NC(=O)c1ccc(NC(=O)CSc2nc(=O)n(CCCN3CCOCC3)c3c2CCC3)cc1. The van der Waals surface area contributed by atoms with E-state index in [9.17, 15) is 14.4 Å². The van der Waals surface area contributed by atoms with E-state index in [2.05, 4.69) is 15.2 Å². The molecule has 0 bridgehead atoms.